The minimum Gasteiger partial charge on any atom is -0.373 e. The van der Waals surface area contributed by atoms with Crippen LogP contribution in [0.15, 0.2) is 30.3 Å². The highest BCUT2D eigenvalue weighted by Crippen LogP contribution is 2.00. The van der Waals surface area contributed by atoms with Crippen LogP contribution in [0.5, 0.6) is 0 Å². The van der Waals surface area contributed by atoms with Crippen LogP contribution in [0.3, 0.4) is 0 Å². The van der Waals surface area contributed by atoms with Crippen molar-refractivity contribution in [1.29, 1.82) is 0 Å². The van der Waals surface area contributed by atoms with Crippen molar-refractivity contribution in [2.75, 3.05) is 17.6 Å². The summed E-state index contributed by atoms with van der Waals surface area (Å²) < 4.78 is 6.30. The standard InChI is InChI=1S/C11H13IO2/c12-7-4-8-14-9-11(13)10-5-2-1-3-6-10/h1-3,5-6H,4,7-9H2. The number of benzene rings is 1. The van der Waals surface area contributed by atoms with Gasteiger partial charge in [0.25, 0.3) is 0 Å². The van der Waals surface area contributed by atoms with Gasteiger partial charge < -0.3 is 4.74 Å². The van der Waals surface area contributed by atoms with Crippen molar-refractivity contribution in [1.82, 2.24) is 0 Å². The van der Waals surface area contributed by atoms with Gasteiger partial charge in [-0.1, -0.05) is 52.9 Å². The smallest absolute Gasteiger partial charge is 0.188 e. The highest BCUT2D eigenvalue weighted by Gasteiger charge is 2.03. The molecule has 0 unspecified atom stereocenters. The van der Waals surface area contributed by atoms with Gasteiger partial charge in [0.2, 0.25) is 0 Å². The van der Waals surface area contributed by atoms with Crippen molar-refractivity contribution in [2.24, 2.45) is 0 Å². The van der Waals surface area contributed by atoms with Crippen molar-refractivity contribution < 1.29 is 9.53 Å². The monoisotopic (exact) mass is 304 g/mol. The molecule has 0 saturated heterocycles. The Kier molecular flexibility index (Phi) is 5.78. The van der Waals surface area contributed by atoms with Gasteiger partial charge in [-0.15, -0.1) is 0 Å². The molecule has 0 atom stereocenters. The van der Waals surface area contributed by atoms with Gasteiger partial charge in [-0.25, -0.2) is 0 Å². The number of ketones is 1. The van der Waals surface area contributed by atoms with Crippen molar-refractivity contribution in [3.63, 3.8) is 0 Å². The lowest BCUT2D eigenvalue weighted by Gasteiger charge is -2.01. The van der Waals surface area contributed by atoms with Crippen LogP contribution in [0.25, 0.3) is 0 Å². The van der Waals surface area contributed by atoms with E-state index in [9.17, 15) is 4.79 Å². The number of carbonyl (C=O) groups is 1. The van der Waals surface area contributed by atoms with Crippen LogP contribution < -0.4 is 0 Å². The molecule has 76 valence electrons. The van der Waals surface area contributed by atoms with Crippen LogP contribution in [0.2, 0.25) is 0 Å². The Labute approximate surface area is 97.8 Å². The zero-order valence-corrected chi connectivity index (χ0v) is 10.1. The van der Waals surface area contributed by atoms with Crippen molar-refractivity contribution in [2.45, 2.75) is 6.42 Å². The third kappa shape index (κ3) is 4.19. The Morgan fingerprint density at radius 2 is 2.00 bits per heavy atom. The average Bonchev–Trinajstić information content (AvgIpc) is 2.25. The van der Waals surface area contributed by atoms with E-state index in [4.69, 9.17) is 4.74 Å². The molecular weight excluding hydrogens is 291 g/mol. The first-order valence-electron chi connectivity index (χ1n) is 4.56. The molecule has 0 aliphatic carbocycles. The normalized spacial score (nSPS) is 10.1. The first kappa shape index (κ1) is 11.7. The maximum Gasteiger partial charge on any atom is 0.188 e. The Morgan fingerprint density at radius 1 is 1.29 bits per heavy atom. The molecular formula is C11H13IO2. The van der Waals surface area contributed by atoms with Crippen LogP contribution in [0.4, 0.5) is 0 Å². The van der Waals surface area contributed by atoms with Crippen molar-refractivity contribution in [3.8, 4) is 0 Å². The molecule has 1 aromatic carbocycles. The number of hydrogen-bond donors (Lipinski definition) is 0. The highest BCUT2D eigenvalue weighted by atomic mass is 127. The Bertz CT molecular complexity index is 272. The maximum atomic E-state index is 11.5. The number of carbonyl (C=O) groups excluding carboxylic acids is 1. The van der Waals surface area contributed by atoms with Crippen LogP contribution in [-0.4, -0.2) is 23.4 Å². The van der Waals surface area contributed by atoms with Crippen LogP contribution in [0, 0.1) is 0 Å². The van der Waals surface area contributed by atoms with Gasteiger partial charge in [0, 0.05) is 16.6 Å². The molecule has 0 aliphatic heterocycles. The van der Waals surface area contributed by atoms with E-state index in [-0.39, 0.29) is 12.4 Å². The minimum atomic E-state index is 0.0547. The second-order valence-electron chi connectivity index (χ2n) is 2.88. The van der Waals surface area contributed by atoms with Crippen molar-refractivity contribution >= 4 is 28.4 Å². The molecule has 0 heterocycles. The molecule has 0 radical (unpaired) electrons. The van der Waals surface area contributed by atoms with Gasteiger partial charge >= 0.3 is 0 Å². The highest BCUT2D eigenvalue weighted by molar-refractivity contribution is 14.1. The fraction of sp³-hybridized carbons (Fsp3) is 0.364. The molecule has 0 spiro atoms. The van der Waals surface area contributed by atoms with Crippen LogP contribution >= 0.6 is 22.6 Å². The van der Waals surface area contributed by atoms with Gasteiger partial charge in [0.05, 0.1) is 0 Å². The summed E-state index contributed by atoms with van der Waals surface area (Å²) >= 11 is 2.29. The fourth-order valence-electron chi connectivity index (χ4n) is 1.03. The van der Waals surface area contributed by atoms with Gasteiger partial charge in [-0.05, 0) is 6.42 Å². The lowest BCUT2D eigenvalue weighted by molar-refractivity contribution is 0.0763. The van der Waals surface area contributed by atoms with Gasteiger partial charge in [0.1, 0.15) is 6.61 Å². The van der Waals surface area contributed by atoms with E-state index in [0.29, 0.717) is 6.61 Å². The first-order valence-corrected chi connectivity index (χ1v) is 6.09. The van der Waals surface area contributed by atoms with E-state index in [0.717, 1.165) is 16.4 Å². The summed E-state index contributed by atoms with van der Waals surface area (Å²) in [7, 11) is 0. The number of halogens is 1. The van der Waals surface area contributed by atoms with E-state index in [1.807, 2.05) is 30.3 Å². The van der Waals surface area contributed by atoms with Gasteiger partial charge in [0.15, 0.2) is 5.78 Å². The molecule has 0 aromatic heterocycles. The first-order chi connectivity index (χ1) is 6.84. The van der Waals surface area contributed by atoms with Crippen LogP contribution in [-0.2, 0) is 4.74 Å². The Hall–Kier alpha value is -0.420. The molecule has 0 aliphatic rings. The van der Waals surface area contributed by atoms with E-state index in [2.05, 4.69) is 22.6 Å². The molecule has 0 amide bonds. The molecule has 1 aromatic rings. The maximum absolute atomic E-state index is 11.5. The summed E-state index contributed by atoms with van der Waals surface area (Å²) in [5.41, 5.74) is 0.724. The van der Waals surface area contributed by atoms with E-state index >= 15 is 0 Å². The molecule has 2 nitrogen and oxygen atoms in total. The third-order valence-corrected chi connectivity index (χ3v) is 2.51. The zero-order valence-electron chi connectivity index (χ0n) is 7.91. The topological polar surface area (TPSA) is 26.3 Å². The third-order valence-electron chi connectivity index (χ3n) is 1.75. The zero-order chi connectivity index (χ0) is 10.2. The van der Waals surface area contributed by atoms with Gasteiger partial charge in [-0.2, -0.15) is 0 Å². The molecule has 0 N–H and O–H groups in total. The lowest BCUT2D eigenvalue weighted by Crippen LogP contribution is -2.09. The van der Waals surface area contributed by atoms with Crippen molar-refractivity contribution in [3.05, 3.63) is 35.9 Å². The minimum absolute atomic E-state index is 0.0547. The molecule has 0 saturated carbocycles. The fourth-order valence-corrected chi connectivity index (χ4v) is 1.34. The molecule has 0 bridgehead atoms. The average molecular weight is 304 g/mol. The number of hydrogen-bond acceptors (Lipinski definition) is 2. The van der Waals surface area contributed by atoms with Crippen LogP contribution in [0.1, 0.15) is 16.8 Å². The SMILES string of the molecule is O=C(COCCCI)c1ccccc1. The molecule has 3 heteroatoms. The summed E-state index contributed by atoms with van der Waals surface area (Å²) in [6.07, 6.45) is 1.00. The number of alkyl halides is 1. The summed E-state index contributed by atoms with van der Waals surface area (Å²) in [6.45, 7) is 0.863. The lowest BCUT2D eigenvalue weighted by atomic mass is 10.1. The summed E-state index contributed by atoms with van der Waals surface area (Å²) in [4.78, 5) is 11.5. The Morgan fingerprint density at radius 3 is 2.64 bits per heavy atom. The largest absolute Gasteiger partial charge is 0.373 e. The number of rotatable bonds is 6. The second-order valence-corrected chi connectivity index (χ2v) is 3.96. The number of ether oxygens (including phenoxy) is 1. The molecule has 1 rings (SSSR count). The van der Waals surface area contributed by atoms with E-state index in [1.54, 1.807) is 0 Å². The predicted octanol–water partition coefficient (Wildman–Crippen LogP) is 2.71. The number of Topliss-reactive ketones (excluding diaryl/α,β-unsaturated/α-hetero) is 1. The Balaban J connectivity index is 2.29. The quantitative estimate of drug-likeness (QED) is 0.350. The van der Waals surface area contributed by atoms with E-state index < -0.39 is 0 Å². The summed E-state index contributed by atoms with van der Waals surface area (Å²) in [5.74, 6) is 0.0547. The molecule has 14 heavy (non-hydrogen) atoms. The summed E-state index contributed by atoms with van der Waals surface area (Å²) in [5, 5.41) is 0. The van der Waals surface area contributed by atoms with E-state index in [1.165, 1.54) is 0 Å². The molecule has 0 fully saturated rings. The summed E-state index contributed by atoms with van der Waals surface area (Å²) in [6, 6.07) is 9.23. The second kappa shape index (κ2) is 6.95. The predicted molar refractivity (Wildman–Crippen MR) is 65.1 cm³/mol. The van der Waals surface area contributed by atoms with Gasteiger partial charge in [-0.3, -0.25) is 4.79 Å².